The largest absolute Gasteiger partial charge is 0.320 e. The molecular formula is C18H25FN4. The van der Waals surface area contributed by atoms with Gasteiger partial charge in [0.2, 0.25) is 0 Å². The first kappa shape index (κ1) is 16.1. The van der Waals surface area contributed by atoms with Crippen LogP contribution in [0.25, 0.3) is 5.69 Å². The van der Waals surface area contributed by atoms with Gasteiger partial charge in [-0.2, -0.15) is 5.10 Å². The molecule has 0 spiro atoms. The maximum atomic E-state index is 13.1. The molecule has 1 saturated heterocycles. The summed E-state index contributed by atoms with van der Waals surface area (Å²) in [5, 5.41) is 7.64. The highest BCUT2D eigenvalue weighted by Crippen LogP contribution is 2.22. The van der Waals surface area contributed by atoms with Crippen molar-refractivity contribution in [3.05, 3.63) is 48.0 Å². The Morgan fingerprint density at radius 1 is 1.17 bits per heavy atom. The zero-order chi connectivity index (χ0) is 16.1. The fourth-order valence-corrected chi connectivity index (χ4v) is 3.28. The maximum absolute atomic E-state index is 13.1. The van der Waals surface area contributed by atoms with Gasteiger partial charge in [0.15, 0.2) is 0 Å². The Morgan fingerprint density at radius 2 is 1.91 bits per heavy atom. The second-order valence-corrected chi connectivity index (χ2v) is 6.32. The van der Waals surface area contributed by atoms with Crippen LogP contribution in [-0.4, -0.2) is 41.4 Å². The van der Waals surface area contributed by atoms with Crippen molar-refractivity contribution in [3.8, 4) is 5.69 Å². The van der Waals surface area contributed by atoms with E-state index in [1.807, 2.05) is 17.9 Å². The van der Waals surface area contributed by atoms with Gasteiger partial charge in [-0.3, -0.25) is 4.90 Å². The van der Waals surface area contributed by atoms with Gasteiger partial charge < -0.3 is 5.32 Å². The third-order valence-corrected chi connectivity index (χ3v) is 4.69. The predicted octanol–water partition coefficient (Wildman–Crippen LogP) is 2.83. The van der Waals surface area contributed by atoms with E-state index in [0.717, 1.165) is 43.5 Å². The minimum Gasteiger partial charge on any atom is -0.320 e. The monoisotopic (exact) mass is 316 g/mol. The van der Waals surface area contributed by atoms with E-state index in [2.05, 4.69) is 21.4 Å². The summed E-state index contributed by atoms with van der Waals surface area (Å²) in [6.45, 7) is 4.30. The minimum atomic E-state index is -0.217. The zero-order valence-electron chi connectivity index (χ0n) is 13.7. The van der Waals surface area contributed by atoms with Gasteiger partial charge in [-0.05, 0) is 82.2 Å². The van der Waals surface area contributed by atoms with E-state index in [-0.39, 0.29) is 5.82 Å². The number of likely N-dealkylation sites (tertiary alicyclic amines) is 1. The van der Waals surface area contributed by atoms with Crippen molar-refractivity contribution in [1.29, 1.82) is 0 Å². The maximum Gasteiger partial charge on any atom is 0.123 e. The van der Waals surface area contributed by atoms with Crippen LogP contribution in [0.1, 0.15) is 25.0 Å². The molecule has 2 aromatic rings. The summed E-state index contributed by atoms with van der Waals surface area (Å²) >= 11 is 0. The predicted molar refractivity (Wildman–Crippen MR) is 90.1 cm³/mol. The summed E-state index contributed by atoms with van der Waals surface area (Å²) in [5.74, 6) is 0.631. The van der Waals surface area contributed by atoms with Crippen LogP contribution < -0.4 is 5.32 Å². The first-order chi connectivity index (χ1) is 11.3. The van der Waals surface area contributed by atoms with Crippen molar-refractivity contribution in [2.24, 2.45) is 5.92 Å². The molecule has 1 N–H and O–H groups in total. The first-order valence-corrected chi connectivity index (χ1v) is 8.42. The molecular weight excluding hydrogens is 291 g/mol. The van der Waals surface area contributed by atoms with Crippen LogP contribution in [-0.2, 0) is 6.54 Å². The van der Waals surface area contributed by atoms with Crippen LogP contribution in [0, 0.1) is 11.7 Å². The Hall–Kier alpha value is -1.72. The van der Waals surface area contributed by atoms with Crippen molar-refractivity contribution < 1.29 is 4.39 Å². The number of aromatic nitrogens is 2. The lowest BCUT2D eigenvalue weighted by molar-refractivity contribution is 0.169. The highest BCUT2D eigenvalue weighted by atomic mass is 19.1. The summed E-state index contributed by atoms with van der Waals surface area (Å²) < 4.78 is 15.0. The molecule has 1 fully saturated rings. The smallest absolute Gasteiger partial charge is 0.123 e. The topological polar surface area (TPSA) is 33.1 Å². The van der Waals surface area contributed by atoms with E-state index < -0.39 is 0 Å². The first-order valence-electron chi connectivity index (χ1n) is 8.42. The van der Waals surface area contributed by atoms with E-state index in [1.165, 1.54) is 31.4 Å². The van der Waals surface area contributed by atoms with Crippen LogP contribution in [0.5, 0.6) is 0 Å². The van der Waals surface area contributed by atoms with Gasteiger partial charge in [-0.25, -0.2) is 9.07 Å². The normalized spacial score (nSPS) is 16.8. The van der Waals surface area contributed by atoms with Gasteiger partial charge in [-0.1, -0.05) is 0 Å². The van der Waals surface area contributed by atoms with Crippen molar-refractivity contribution in [2.45, 2.75) is 25.8 Å². The minimum absolute atomic E-state index is 0.217. The van der Waals surface area contributed by atoms with Gasteiger partial charge >= 0.3 is 0 Å². The second-order valence-electron chi connectivity index (χ2n) is 6.32. The zero-order valence-corrected chi connectivity index (χ0v) is 13.7. The molecule has 0 radical (unpaired) electrons. The molecule has 124 valence electrons. The molecule has 1 aliphatic heterocycles. The summed E-state index contributed by atoms with van der Waals surface area (Å²) in [6.07, 6.45) is 5.63. The van der Waals surface area contributed by atoms with Gasteiger partial charge in [0, 0.05) is 12.7 Å². The van der Waals surface area contributed by atoms with Crippen LogP contribution in [0.2, 0.25) is 0 Å². The molecule has 0 aliphatic carbocycles. The Balaban J connectivity index is 1.60. The third kappa shape index (κ3) is 4.18. The lowest BCUT2D eigenvalue weighted by atomic mass is 9.93. The number of nitrogens with zero attached hydrogens (tertiary/aromatic N) is 3. The number of hydrogen-bond acceptors (Lipinski definition) is 3. The molecule has 0 saturated carbocycles. The van der Waals surface area contributed by atoms with Gasteiger partial charge in [-0.15, -0.1) is 0 Å². The van der Waals surface area contributed by atoms with Gasteiger partial charge in [0.1, 0.15) is 5.82 Å². The average molecular weight is 316 g/mol. The lowest BCUT2D eigenvalue weighted by Crippen LogP contribution is -2.34. The molecule has 3 rings (SSSR count). The summed E-state index contributed by atoms with van der Waals surface area (Å²) in [4.78, 5) is 2.49. The van der Waals surface area contributed by atoms with Crippen LogP contribution >= 0.6 is 0 Å². The van der Waals surface area contributed by atoms with E-state index in [4.69, 9.17) is 0 Å². The molecule has 1 aromatic heterocycles. The molecule has 4 nitrogen and oxygen atoms in total. The van der Waals surface area contributed by atoms with E-state index in [0.29, 0.717) is 0 Å². The Kier molecular flexibility index (Phi) is 5.41. The number of hydrogen-bond donors (Lipinski definition) is 1. The molecule has 1 aliphatic rings. The number of benzene rings is 1. The Bertz CT molecular complexity index is 600. The summed E-state index contributed by atoms with van der Waals surface area (Å²) in [6, 6.07) is 8.56. The Morgan fingerprint density at radius 3 is 2.61 bits per heavy atom. The molecule has 0 amide bonds. The molecule has 23 heavy (non-hydrogen) atoms. The SMILES string of the molecule is CNCCC1CCN(Cc2ccnn2-c2ccc(F)cc2)CC1. The summed E-state index contributed by atoms with van der Waals surface area (Å²) in [7, 11) is 2.02. The average Bonchev–Trinajstić information content (AvgIpc) is 3.03. The number of rotatable bonds is 6. The second kappa shape index (κ2) is 7.70. The van der Waals surface area contributed by atoms with E-state index >= 15 is 0 Å². The van der Waals surface area contributed by atoms with Crippen LogP contribution in [0.4, 0.5) is 4.39 Å². The van der Waals surface area contributed by atoms with Crippen LogP contribution in [0.3, 0.4) is 0 Å². The molecule has 5 heteroatoms. The molecule has 0 atom stereocenters. The fourth-order valence-electron chi connectivity index (χ4n) is 3.28. The highest BCUT2D eigenvalue weighted by molar-refractivity contribution is 5.32. The van der Waals surface area contributed by atoms with Crippen molar-refractivity contribution >= 4 is 0 Å². The molecule has 1 aromatic carbocycles. The van der Waals surface area contributed by atoms with Crippen molar-refractivity contribution in [2.75, 3.05) is 26.7 Å². The number of piperidine rings is 1. The quantitative estimate of drug-likeness (QED) is 0.889. The fraction of sp³-hybridized carbons (Fsp3) is 0.500. The Labute approximate surface area is 137 Å². The summed E-state index contributed by atoms with van der Waals surface area (Å²) in [5.41, 5.74) is 2.07. The standard InChI is InChI=1S/C18H25FN4/c1-20-10-6-15-8-12-22(13-9-15)14-18-7-11-21-23(18)17-4-2-16(19)3-5-17/h2-5,7,11,15,20H,6,8-10,12-14H2,1H3. The molecule has 2 heterocycles. The van der Waals surface area contributed by atoms with Crippen LogP contribution in [0.15, 0.2) is 36.5 Å². The highest BCUT2D eigenvalue weighted by Gasteiger charge is 2.20. The van der Waals surface area contributed by atoms with Crippen molar-refractivity contribution in [1.82, 2.24) is 20.0 Å². The van der Waals surface area contributed by atoms with E-state index in [9.17, 15) is 4.39 Å². The third-order valence-electron chi connectivity index (χ3n) is 4.69. The lowest BCUT2D eigenvalue weighted by Gasteiger charge is -2.32. The number of nitrogens with one attached hydrogen (secondary N) is 1. The molecule has 0 unspecified atom stereocenters. The van der Waals surface area contributed by atoms with E-state index in [1.54, 1.807) is 12.1 Å². The van der Waals surface area contributed by atoms with Gasteiger partial charge in [0.05, 0.1) is 11.4 Å². The van der Waals surface area contributed by atoms with Crippen molar-refractivity contribution in [3.63, 3.8) is 0 Å². The number of halogens is 1. The molecule has 0 bridgehead atoms. The van der Waals surface area contributed by atoms with Gasteiger partial charge in [0.25, 0.3) is 0 Å².